The zero-order valence-corrected chi connectivity index (χ0v) is 13.2. The van der Waals surface area contributed by atoms with Gasteiger partial charge < -0.3 is 10.6 Å². The lowest BCUT2D eigenvalue weighted by atomic mass is 10.3. The van der Waals surface area contributed by atoms with E-state index in [1.807, 2.05) is 30.3 Å². The molecule has 23 heavy (non-hydrogen) atoms. The maximum atomic E-state index is 12.9. The number of hydrogen-bond acceptors (Lipinski definition) is 4. The van der Waals surface area contributed by atoms with E-state index in [1.165, 1.54) is 35.6 Å². The SMILES string of the molecule is Cc1nc(Nc2ccccc2)sc1C(=O)Nc1ccc(F)cc1. The third kappa shape index (κ3) is 3.73. The number of carbonyl (C=O) groups is 1. The van der Waals surface area contributed by atoms with E-state index in [2.05, 4.69) is 15.6 Å². The number of hydrogen-bond donors (Lipinski definition) is 2. The zero-order valence-electron chi connectivity index (χ0n) is 12.3. The Hall–Kier alpha value is -2.73. The van der Waals surface area contributed by atoms with Crippen LogP contribution in [-0.2, 0) is 0 Å². The quantitative estimate of drug-likeness (QED) is 0.737. The van der Waals surface area contributed by atoms with Gasteiger partial charge in [-0.25, -0.2) is 9.37 Å². The first-order valence-electron chi connectivity index (χ1n) is 6.98. The molecule has 4 nitrogen and oxygen atoms in total. The number of nitrogens with one attached hydrogen (secondary N) is 2. The fourth-order valence-electron chi connectivity index (χ4n) is 2.03. The van der Waals surface area contributed by atoms with Crippen molar-refractivity contribution in [1.29, 1.82) is 0 Å². The predicted molar refractivity (Wildman–Crippen MR) is 90.9 cm³/mol. The van der Waals surface area contributed by atoms with Gasteiger partial charge in [-0.15, -0.1) is 0 Å². The first kappa shape index (κ1) is 15.2. The summed E-state index contributed by atoms with van der Waals surface area (Å²) in [5, 5.41) is 6.56. The molecular weight excluding hydrogens is 313 g/mol. The highest BCUT2D eigenvalue weighted by atomic mass is 32.1. The molecule has 0 aliphatic carbocycles. The molecule has 0 aliphatic heterocycles. The summed E-state index contributed by atoms with van der Waals surface area (Å²) in [4.78, 5) is 17.2. The number of halogens is 1. The molecule has 0 bridgehead atoms. The third-order valence-corrected chi connectivity index (χ3v) is 4.20. The van der Waals surface area contributed by atoms with Crippen LogP contribution in [0.15, 0.2) is 54.6 Å². The molecule has 2 aromatic carbocycles. The molecule has 116 valence electrons. The number of aryl methyl sites for hydroxylation is 1. The Morgan fingerprint density at radius 1 is 1.04 bits per heavy atom. The first-order valence-corrected chi connectivity index (χ1v) is 7.80. The van der Waals surface area contributed by atoms with Crippen molar-refractivity contribution in [2.45, 2.75) is 6.92 Å². The van der Waals surface area contributed by atoms with Gasteiger partial charge in [-0.3, -0.25) is 4.79 Å². The van der Waals surface area contributed by atoms with E-state index in [-0.39, 0.29) is 11.7 Å². The zero-order chi connectivity index (χ0) is 16.2. The van der Waals surface area contributed by atoms with E-state index < -0.39 is 0 Å². The molecule has 0 spiro atoms. The Kier molecular flexibility index (Phi) is 4.34. The monoisotopic (exact) mass is 327 g/mol. The van der Waals surface area contributed by atoms with Crippen LogP contribution in [-0.4, -0.2) is 10.9 Å². The average Bonchev–Trinajstić information content (AvgIpc) is 2.91. The number of para-hydroxylation sites is 1. The molecule has 6 heteroatoms. The van der Waals surface area contributed by atoms with E-state index in [9.17, 15) is 9.18 Å². The van der Waals surface area contributed by atoms with Gasteiger partial charge in [-0.2, -0.15) is 0 Å². The van der Waals surface area contributed by atoms with E-state index in [0.29, 0.717) is 21.4 Å². The second-order valence-electron chi connectivity index (χ2n) is 4.89. The maximum absolute atomic E-state index is 12.9. The van der Waals surface area contributed by atoms with Crippen LogP contribution in [0.1, 0.15) is 15.4 Å². The standard InChI is InChI=1S/C17H14FN3OS/c1-11-15(16(22)20-14-9-7-12(18)8-10-14)23-17(19-11)21-13-5-3-2-4-6-13/h2-10H,1H3,(H,19,21)(H,20,22). The molecule has 0 saturated heterocycles. The number of anilines is 3. The van der Waals surface area contributed by atoms with Gasteiger partial charge in [-0.1, -0.05) is 29.5 Å². The molecule has 2 N–H and O–H groups in total. The smallest absolute Gasteiger partial charge is 0.267 e. The van der Waals surface area contributed by atoms with E-state index >= 15 is 0 Å². The Morgan fingerprint density at radius 2 is 1.74 bits per heavy atom. The summed E-state index contributed by atoms with van der Waals surface area (Å²) in [5.41, 5.74) is 2.10. The van der Waals surface area contributed by atoms with Crippen molar-refractivity contribution in [2.75, 3.05) is 10.6 Å². The van der Waals surface area contributed by atoms with Crippen molar-refractivity contribution in [3.8, 4) is 0 Å². The summed E-state index contributed by atoms with van der Waals surface area (Å²) in [5.74, 6) is -0.598. The Morgan fingerprint density at radius 3 is 2.43 bits per heavy atom. The summed E-state index contributed by atoms with van der Waals surface area (Å²) in [6, 6.07) is 15.3. The van der Waals surface area contributed by atoms with Crippen molar-refractivity contribution in [1.82, 2.24) is 4.98 Å². The second kappa shape index (κ2) is 6.58. The van der Waals surface area contributed by atoms with Crippen LogP contribution >= 0.6 is 11.3 Å². The number of nitrogens with zero attached hydrogens (tertiary/aromatic N) is 1. The van der Waals surface area contributed by atoms with Crippen LogP contribution in [0, 0.1) is 12.7 Å². The lowest BCUT2D eigenvalue weighted by Gasteiger charge is -2.03. The Balaban J connectivity index is 1.75. The highest BCUT2D eigenvalue weighted by Crippen LogP contribution is 2.26. The predicted octanol–water partition coefficient (Wildman–Crippen LogP) is 4.59. The number of aromatic nitrogens is 1. The minimum absolute atomic E-state index is 0.257. The summed E-state index contributed by atoms with van der Waals surface area (Å²) >= 11 is 1.28. The highest BCUT2D eigenvalue weighted by molar-refractivity contribution is 7.17. The van der Waals surface area contributed by atoms with Crippen LogP contribution < -0.4 is 10.6 Å². The van der Waals surface area contributed by atoms with E-state index in [4.69, 9.17) is 0 Å². The molecular formula is C17H14FN3OS. The summed E-state index contributed by atoms with van der Waals surface area (Å²) in [7, 11) is 0. The molecule has 0 aliphatic rings. The number of amides is 1. The molecule has 0 atom stereocenters. The average molecular weight is 327 g/mol. The van der Waals surface area contributed by atoms with E-state index in [0.717, 1.165) is 5.69 Å². The molecule has 0 radical (unpaired) electrons. The van der Waals surface area contributed by atoms with Crippen LogP contribution in [0.3, 0.4) is 0 Å². The Bertz CT molecular complexity index is 816. The molecule has 1 amide bonds. The van der Waals surface area contributed by atoms with Gasteiger partial charge in [0.05, 0.1) is 5.69 Å². The van der Waals surface area contributed by atoms with Crippen molar-refractivity contribution in [2.24, 2.45) is 0 Å². The van der Waals surface area contributed by atoms with Crippen LogP contribution in [0.2, 0.25) is 0 Å². The molecule has 1 heterocycles. The third-order valence-electron chi connectivity index (χ3n) is 3.13. The lowest BCUT2D eigenvalue weighted by molar-refractivity contribution is 0.103. The fourth-order valence-corrected chi connectivity index (χ4v) is 2.91. The van der Waals surface area contributed by atoms with Crippen LogP contribution in [0.25, 0.3) is 0 Å². The molecule has 0 unspecified atom stereocenters. The number of benzene rings is 2. The van der Waals surface area contributed by atoms with Gasteiger partial charge in [0.1, 0.15) is 10.7 Å². The van der Waals surface area contributed by atoms with Crippen LogP contribution in [0.5, 0.6) is 0 Å². The number of rotatable bonds is 4. The summed E-state index contributed by atoms with van der Waals surface area (Å²) in [6.07, 6.45) is 0. The topological polar surface area (TPSA) is 54.0 Å². The first-order chi connectivity index (χ1) is 11.1. The van der Waals surface area contributed by atoms with Crippen molar-refractivity contribution in [3.05, 3.63) is 71.0 Å². The molecule has 0 saturated carbocycles. The molecule has 3 rings (SSSR count). The molecule has 0 fully saturated rings. The van der Waals surface area contributed by atoms with Crippen molar-refractivity contribution < 1.29 is 9.18 Å². The fraction of sp³-hybridized carbons (Fsp3) is 0.0588. The number of carbonyl (C=O) groups excluding carboxylic acids is 1. The Labute approximate surface area is 137 Å². The largest absolute Gasteiger partial charge is 0.332 e. The van der Waals surface area contributed by atoms with Gasteiger partial charge in [0.25, 0.3) is 5.91 Å². The highest BCUT2D eigenvalue weighted by Gasteiger charge is 2.15. The van der Waals surface area contributed by atoms with Crippen molar-refractivity contribution in [3.63, 3.8) is 0 Å². The molecule has 3 aromatic rings. The summed E-state index contributed by atoms with van der Waals surface area (Å²) < 4.78 is 12.9. The second-order valence-corrected chi connectivity index (χ2v) is 5.88. The number of thiazole rings is 1. The van der Waals surface area contributed by atoms with E-state index in [1.54, 1.807) is 6.92 Å². The minimum atomic E-state index is -0.341. The normalized spacial score (nSPS) is 10.3. The van der Waals surface area contributed by atoms with Gasteiger partial charge in [0.15, 0.2) is 5.13 Å². The minimum Gasteiger partial charge on any atom is -0.332 e. The van der Waals surface area contributed by atoms with Gasteiger partial charge in [-0.05, 0) is 43.3 Å². The van der Waals surface area contributed by atoms with Gasteiger partial charge in [0.2, 0.25) is 0 Å². The summed E-state index contributed by atoms with van der Waals surface area (Å²) in [6.45, 7) is 1.78. The van der Waals surface area contributed by atoms with Gasteiger partial charge >= 0.3 is 0 Å². The molecule has 1 aromatic heterocycles. The van der Waals surface area contributed by atoms with Crippen molar-refractivity contribution >= 4 is 33.8 Å². The lowest BCUT2D eigenvalue weighted by Crippen LogP contribution is -2.11. The maximum Gasteiger partial charge on any atom is 0.267 e. The van der Waals surface area contributed by atoms with Crippen LogP contribution in [0.4, 0.5) is 20.9 Å². The van der Waals surface area contributed by atoms with Gasteiger partial charge in [0, 0.05) is 11.4 Å².